The highest BCUT2D eigenvalue weighted by Crippen LogP contribution is 2.26. The van der Waals surface area contributed by atoms with Gasteiger partial charge in [0.15, 0.2) is 0 Å². The first-order valence-corrected chi connectivity index (χ1v) is 9.17. The van der Waals surface area contributed by atoms with Crippen LogP contribution in [0.3, 0.4) is 0 Å². The highest BCUT2D eigenvalue weighted by molar-refractivity contribution is 6.44. The molecule has 3 aromatic rings. The molecule has 146 valence electrons. The van der Waals surface area contributed by atoms with Crippen molar-refractivity contribution in [2.45, 2.75) is 26.7 Å². The quantitative estimate of drug-likeness (QED) is 0.736. The van der Waals surface area contributed by atoms with E-state index in [0.717, 1.165) is 11.1 Å². The molecule has 8 heteroatoms. The van der Waals surface area contributed by atoms with Crippen molar-refractivity contribution in [3.63, 3.8) is 0 Å². The summed E-state index contributed by atoms with van der Waals surface area (Å²) in [4.78, 5) is 25.2. The van der Waals surface area contributed by atoms with Gasteiger partial charge in [0.2, 0.25) is 18.2 Å². The van der Waals surface area contributed by atoms with Gasteiger partial charge in [0.05, 0.1) is 5.69 Å². The number of amides is 2. The number of nitrogens with one attached hydrogen (secondary N) is 1. The molecule has 0 spiro atoms. The number of hydrogen-bond donors (Lipinski definition) is 1. The lowest BCUT2D eigenvalue weighted by Gasteiger charge is -2.24. The SMILES string of the molecule is Cc1ccc(C)c(N2N=C(C(=O)Nc3cccc(-c4nnco4)c3)CCC2=O)c1. The average Bonchev–Trinajstić information content (AvgIpc) is 3.25. The van der Waals surface area contributed by atoms with E-state index in [9.17, 15) is 9.59 Å². The van der Waals surface area contributed by atoms with Gasteiger partial charge in [-0.2, -0.15) is 5.10 Å². The average molecular weight is 389 g/mol. The van der Waals surface area contributed by atoms with Crippen molar-refractivity contribution in [2.75, 3.05) is 10.3 Å². The van der Waals surface area contributed by atoms with Gasteiger partial charge >= 0.3 is 0 Å². The second-order valence-electron chi connectivity index (χ2n) is 6.82. The molecule has 1 aliphatic rings. The minimum Gasteiger partial charge on any atom is -0.423 e. The van der Waals surface area contributed by atoms with Gasteiger partial charge in [0.25, 0.3) is 5.91 Å². The lowest BCUT2D eigenvalue weighted by molar-refractivity contribution is -0.118. The molecule has 1 aliphatic heterocycles. The molecule has 2 aromatic carbocycles. The number of aromatic nitrogens is 2. The Morgan fingerprint density at radius 3 is 2.79 bits per heavy atom. The van der Waals surface area contributed by atoms with Crippen molar-refractivity contribution in [1.82, 2.24) is 10.2 Å². The van der Waals surface area contributed by atoms with Crippen LogP contribution >= 0.6 is 0 Å². The van der Waals surface area contributed by atoms with Gasteiger partial charge in [0.1, 0.15) is 5.71 Å². The van der Waals surface area contributed by atoms with Crippen LogP contribution in [0.4, 0.5) is 11.4 Å². The molecule has 8 nitrogen and oxygen atoms in total. The molecule has 0 radical (unpaired) electrons. The van der Waals surface area contributed by atoms with Crippen molar-refractivity contribution in [3.05, 3.63) is 60.0 Å². The van der Waals surface area contributed by atoms with E-state index < -0.39 is 0 Å². The van der Waals surface area contributed by atoms with Crippen LogP contribution in [-0.4, -0.2) is 27.7 Å². The van der Waals surface area contributed by atoms with Crippen LogP contribution in [0.25, 0.3) is 11.5 Å². The first-order valence-electron chi connectivity index (χ1n) is 9.17. The fourth-order valence-corrected chi connectivity index (χ4v) is 3.08. The van der Waals surface area contributed by atoms with E-state index in [1.165, 1.54) is 11.4 Å². The fourth-order valence-electron chi connectivity index (χ4n) is 3.08. The number of carbonyl (C=O) groups excluding carboxylic acids is 2. The maximum Gasteiger partial charge on any atom is 0.271 e. The molecule has 0 unspecified atom stereocenters. The highest BCUT2D eigenvalue weighted by atomic mass is 16.4. The van der Waals surface area contributed by atoms with Gasteiger partial charge in [-0.3, -0.25) is 9.59 Å². The molecule has 0 saturated carbocycles. The van der Waals surface area contributed by atoms with Crippen molar-refractivity contribution in [2.24, 2.45) is 5.10 Å². The van der Waals surface area contributed by atoms with Crippen LogP contribution < -0.4 is 10.3 Å². The Morgan fingerprint density at radius 1 is 1.14 bits per heavy atom. The van der Waals surface area contributed by atoms with Crippen LogP contribution in [0.1, 0.15) is 24.0 Å². The third-order valence-corrected chi connectivity index (χ3v) is 4.61. The zero-order valence-electron chi connectivity index (χ0n) is 16.0. The number of benzene rings is 2. The van der Waals surface area contributed by atoms with Gasteiger partial charge in [-0.1, -0.05) is 18.2 Å². The number of hydrazone groups is 1. The summed E-state index contributed by atoms with van der Waals surface area (Å²) in [6.45, 7) is 3.86. The van der Waals surface area contributed by atoms with Gasteiger partial charge in [-0.15, -0.1) is 10.2 Å². The van der Waals surface area contributed by atoms with Gasteiger partial charge in [-0.25, -0.2) is 5.01 Å². The Bertz CT molecular complexity index is 1110. The molecule has 4 rings (SSSR count). The van der Waals surface area contributed by atoms with E-state index in [-0.39, 0.29) is 24.7 Å². The number of hydrogen-bond acceptors (Lipinski definition) is 6. The van der Waals surface area contributed by atoms with Crippen LogP contribution in [-0.2, 0) is 9.59 Å². The number of nitrogens with zero attached hydrogens (tertiary/aromatic N) is 4. The molecule has 2 heterocycles. The molecule has 0 fully saturated rings. The Morgan fingerprint density at radius 2 is 2.00 bits per heavy atom. The zero-order valence-corrected chi connectivity index (χ0v) is 16.0. The monoisotopic (exact) mass is 389 g/mol. The zero-order chi connectivity index (χ0) is 20.4. The number of rotatable bonds is 4. The lowest BCUT2D eigenvalue weighted by atomic mass is 10.1. The van der Waals surface area contributed by atoms with Crippen molar-refractivity contribution < 1.29 is 14.0 Å². The molecule has 0 saturated heterocycles. The van der Waals surface area contributed by atoms with Crippen LogP contribution in [0.2, 0.25) is 0 Å². The normalized spacial score (nSPS) is 13.9. The topological polar surface area (TPSA) is 101 Å². The molecule has 29 heavy (non-hydrogen) atoms. The molecule has 1 N–H and O–H groups in total. The predicted molar refractivity (Wildman–Crippen MR) is 108 cm³/mol. The van der Waals surface area contributed by atoms with Crippen molar-refractivity contribution in [3.8, 4) is 11.5 Å². The van der Waals surface area contributed by atoms with E-state index in [2.05, 4.69) is 20.6 Å². The second kappa shape index (κ2) is 7.67. The van der Waals surface area contributed by atoms with E-state index in [0.29, 0.717) is 28.5 Å². The van der Waals surface area contributed by atoms with Crippen LogP contribution in [0.5, 0.6) is 0 Å². The number of carbonyl (C=O) groups is 2. The van der Waals surface area contributed by atoms with Gasteiger partial charge in [0, 0.05) is 24.1 Å². The molecular formula is C21H19N5O3. The summed E-state index contributed by atoms with van der Waals surface area (Å²) < 4.78 is 5.19. The van der Waals surface area contributed by atoms with Crippen molar-refractivity contribution >= 4 is 28.9 Å². The number of aryl methyl sites for hydroxylation is 2. The Balaban J connectivity index is 1.58. The summed E-state index contributed by atoms with van der Waals surface area (Å²) in [5.74, 6) is -0.119. The second-order valence-corrected chi connectivity index (χ2v) is 6.82. The standard InChI is InChI=1S/C21H19N5O3/c1-13-6-7-14(2)18(10-13)26-19(27)9-8-17(25-26)20(28)23-16-5-3-4-15(11-16)21-24-22-12-29-21/h3-7,10-12H,8-9H2,1-2H3,(H,23,28). The van der Waals surface area contributed by atoms with Crippen molar-refractivity contribution in [1.29, 1.82) is 0 Å². The first kappa shape index (κ1) is 18.5. The highest BCUT2D eigenvalue weighted by Gasteiger charge is 2.26. The van der Waals surface area contributed by atoms with Crippen LogP contribution in [0.15, 0.2) is 58.4 Å². The molecule has 0 bridgehead atoms. The number of anilines is 2. The largest absolute Gasteiger partial charge is 0.423 e. The van der Waals surface area contributed by atoms with Crippen LogP contribution in [0, 0.1) is 13.8 Å². The third-order valence-electron chi connectivity index (χ3n) is 4.61. The molecule has 2 amide bonds. The van der Waals surface area contributed by atoms with E-state index in [4.69, 9.17) is 4.42 Å². The minimum atomic E-state index is -0.351. The smallest absolute Gasteiger partial charge is 0.271 e. The van der Waals surface area contributed by atoms with Gasteiger partial charge < -0.3 is 9.73 Å². The Kier molecular flexibility index (Phi) is 4.90. The summed E-state index contributed by atoms with van der Waals surface area (Å²) >= 11 is 0. The van der Waals surface area contributed by atoms with E-state index in [1.807, 2.05) is 38.1 Å². The maximum absolute atomic E-state index is 12.8. The van der Waals surface area contributed by atoms with E-state index in [1.54, 1.807) is 18.2 Å². The lowest BCUT2D eigenvalue weighted by Crippen LogP contribution is -2.36. The molecular weight excluding hydrogens is 370 g/mol. The van der Waals surface area contributed by atoms with E-state index >= 15 is 0 Å². The maximum atomic E-state index is 12.8. The molecule has 0 atom stereocenters. The summed E-state index contributed by atoms with van der Waals surface area (Å²) in [5, 5.41) is 16.0. The predicted octanol–water partition coefficient (Wildman–Crippen LogP) is 3.47. The molecule has 1 aromatic heterocycles. The summed E-state index contributed by atoms with van der Waals surface area (Å²) in [5.41, 5.74) is 4.19. The summed E-state index contributed by atoms with van der Waals surface area (Å²) in [6.07, 6.45) is 1.76. The molecule has 0 aliphatic carbocycles. The minimum absolute atomic E-state index is 0.131. The first-order chi connectivity index (χ1) is 14.0. The third kappa shape index (κ3) is 3.91. The Hall–Kier alpha value is -3.81. The van der Waals surface area contributed by atoms with Gasteiger partial charge in [-0.05, 0) is 49.2 Å². The Labute approximate surface area is 167 Å². The summed E-state index contributed by atoms with van der Waals surface area (Å²) in [7, 11) is 0. The summed E-state index contributed by atoms with van der Waals surface area (Å²) in [6, 6.07) is 12.9. The fraction of sp³-hybridized carbons (Fsp3) is 0.190.